The van der Waals surface area contributed by atoms with Gasteiger partial charge in [-0.3, -0.25) is 0 Å². The van der Waals surface area contributed by atoms with Crippen LogP contribution in [-0.2, 0) is 4.74 Å². The van der Waals surface area contributed by atoms with Gasteiger partial charge in [-0.05, 0) is 31.2 Å². The van der Waals surface area contributed by atoms with Crippen molar-refractivity contribution >= 4 is 23.4 Å². The first kappa shape index (κ1) is 18.1. The highest BCUT2D eigenvalue weighted by Crippen LogP contribution is 2.25. The monoisotopic (exact) mass is 344 g/mol. The number of benzene rings is 2. The van der Waals surface area contributed by atoms with Gasteiger partial charge in [-0.15, -0.1) is 0 Å². The third-order valence-electron chi connectivity index (χ3n) is 3.26. The lowest BCUT2D eigenvalue weighted by atomic mass is 10.2. The van der Waals surface area contributed by atoms with Gasteiger partial charge in [-0.1, -0.05) is 0 Å². The lowest BCUT2D eigenvalue weighted by Gasteiger charge is -2.11. The molecule has 0 unspecified atom stereocenters. The minimum absolute atomic E-state index is 0.311. The van der Waals surface area contributed by atoms with Crippen LogP contribution in [0.25, 0.3) is 0 Å². The zero-order chi connectivity index (χ0) is 18.2. The van der Waals surface area contributed by atoms with Crippen LogP contribution in [0.15, 0.2) is 42.5 Å². The lowest BCUT2D eigenvalue weighted by molar-refractivity contribution is 0.0526. The van der Waals surface area contributed by atoms with Gasteiger partial charge >= 0.3 is 12.0 Å². The highest BCUT2D eigenvalue weighted by molar-refractivity contribution is 6.00. The summed E-state index contributed by atoms with van der Waals surface area (Å²) < 4.78 is 15.2. The molecule has 0 aliphatic heterocycles. The van der Waals surface area contributed by atoms with Crippen molar-refractivity contribution in [2.45, 2.75) is 6.92 Å². The van der Waals surface area contributed by atoms with Gasteiger partial charge in [0.05, 0.1) is 26.4 Å². The summed E-state index contributed by atoms with van der Waals surface area (Å²) in [5.74, 6) is 0.726. The van der Waals surface area contributed by atoms with Crippen molar-refractivity contribution in [3.05, 3.63) is 48.0 Å². The molecule has 2 rings (SSSR count). The Morgan fingerprint density at radius 1 is 0.880 bits per heavy atom. The van der Waals surface area contributed by atoms with Crippen molar-refractivity contribution in [3.8, 4) is 11.5 Å². The number of hydrogen-bond donors (Lipinski definition) is 2. The van der Waals surface area contributed by atoms with E-state index < -0.39 is 12.0 Å². The number of nitrogens with one attached hydrogen (secondary N) is 2. The molecule has 0 heterocycles. The fraction of sp³-hybridized carbons (Fsp3) is 0.222. The first-order valence-corrected chi connectivity index (χ1v) is 7.64. The van der Waals surface area contributed by atoms with Gasteiger partial charge in [0.2, 0.25) is 0 Å². The summed E-state index contributed by atoms with van der Waals surface area (Å²) in [6.07, 6.45) is 0. The molecular weight excluding hydrogens is 324 g/mol. The standard InChI is InChI=1S/C18H20N2O5/c1-4-25-17(21)12-5-7-13(8-6-12)19-18(22)20-14-9-15(23-2)11-16(10-14)24-3/h5-11H,4H2,1-3H3,(H2,19,20,22). The van der Waals surface area contributed by atoms with Crippen molar-refractivity contribution in [1.82, 2.24) is 0 Å². The number of hydrogen-bond acceptors (Lipinski definition) is 5. The third-order valence-corrected chi connectivity index (χ3v) is 3.26. The molecule has 132 valence electrons. The van der Waals surface area contributed by atoms with Crippen LogP contribution in [-0.4, -0.2) is 32.8 Å². The summed E-state index contributed by atoms with van der Waals surface area (Å²) in [5.41, 5.74) is 1.49. The fourth-order valence-corrected chi connectivity index (χ4v) is 2.08. The van der Waals surface area contributed by atoms with Crippen molar-refractivity contribution in [1.29, 1.82) is 0 Å². The van der Waals surface area contributed by atoms with E-state index in [-0.39, 0.29) is 0 Å². The number of ether oxygens (including phenoxy) is 3. The second-order valence-corrected chi connectivity index (χ2v) is 4.98. The van der Waals surface area contributed by atoms with Gasteiger partial charge in [0.1, 0.15) is 11.5 Å². The predicted molar refractivity (Wildman–Crippen MR) is 94.6 cm³/mol. The van der Waals surface area contributed by atoms with Crippen LogP contribution in [0.1, 0.15) is 17.3 Å². The molecule has 0 bridgehead atoms. The van der Waals surface area contributed by atoms with Crippen LogP contribution < -0.4 is 20.1 Å². The molecule has 0 radical (unpaired) electrons. The van der Waals surface area contributed by atoms with E-state index in [1.54, 1.807) is 49.4 Å². The van der Waals surface area contributed by atoms with E-state index in [9.17, 15) is 9.59 Å². The normalized spacial score (nSPS) is 9.88. The number of amides is 2. The van der Waals surface area contributed by atoms with Gasteiger partial charge in [-0.25, -0.2) is 9.59 Å². The van der Waals surface area contributed by atoms with E-state index in [2.05, 4.69) is 10.6 Å². The maximum atomic E-state index is 12.1. The average molecular weight is 344 g/mol. The van der Waals surface area contributed by atoms with E-state index in [1.165, 1.54) is 14.2 Å². The molecule has 0 saturated carbocycles. The van der Waals surface area contributed by atoms with Gasteiger partial charge in [-0.2, -0.15) is 0 Å². The summed E-state index contributed by atoms with van der Waals surface area (Å²) in [6, 6.07) is 11.0. The van der Waals surface area contributed by atoms with Crippen molar-refractivity contribution in [2.24, 2.45) is 0 Å². The molecule has 25 heavy (non-hydrogen) atoms. The molecule has 2 aromatic rings. The smallest absolute Gasteiger partial charge is 0.338 e. The Bertz CT molecular complexity index is 721. The molecule has 0 aromatic heterocycles. The Morgan fingerprint density at radius 3 is 1.96 bits per heavy atom. The topological polar surface area (TPSA) is 85.9 Å². The number of carbonyl (C=O) groups is 2. The average Bonchev–Trinajstić information content (AvgIpc) is 2.62. The van der Waals surface area contributed by atoms with Crippen LogP contribution in [0.2, 0.25) is 0 Å². The fourth-order valence-electron chi connectivity index (χ4n) is 2.08. The minimum Gasteiger partial charge on any atom is -0.497 e. The summed E-state index contributed by atoms with van der Waals surface area (Å²) >= 11 is 0. The molecule has 0 atom stereocenters. The van der Waals surface area contributed by atoms with Crippen molar-refractivity contribution < 1.29 is 23.8 Å². The lowest BCUT2D eigenvalue weighted by Crippen LogP contribution is -2.19. The van der Waals surface area contributed by atoms with E-state index in [1.807, 2.05) is 0 Å². The number of methoxy groups -OCH3 is 2. The maximum Gasteiger partial charge on any atom is 0.338 e. The molecule has 7 heteroatoms. The number of anilines is 2. The van der Waals surface area contributed by atoms with Crippen LogP contribution >= 0.6 is 0 Å². The van der Waals surface area contributed by atoms with Crippen molar-refractivity contribution in [2.75, 3.05) is 31.5 Å². The predicted octanol–water partition coefficient (Wildman–Crippen LogP) is 3.52. The third kappa shape index (κ3) is 5.13. The molecule has 0 aliphatic carbocycles. The molecule has 2 amide bonds. The first-order valence-electron chi connectivity index (χ1n) is 7.64. The molecule has 2 aromatic carbocycles. The highest BCUT2D eigenvalue weighted by Gasteiger charge is 2.08. The van der Waals surface area contributed by atoms with E-state index in [4.69, 9.17) is 14.2 Å². The van der Waals surface area contributed by atoms with Crippen LogP contribution in [0.5, 0.6) is 11.5 Å². The Hall–Kier alpha value is -3.22. The van der Waals surface area contributed by atoms with Gasteiger partial charge in [0.25, 0.3) is 0 Å². The molecule has 0 aliphatic rings. The second kappa shape index (κ2) is 8.58. The quantitative estimate of drug-likeness (QED) is 0.783. The molecule has 0 saturated heterocycles. The second-order valence-electron chi connectivity index (χ2n) is 4.98. The molecule has 0 spiro atoms. The SMILES string of the molecule is CCOC(=O)c1ccc(NC(=O)Nc2cc(OC)cc(OC)c2)cc1. The Kier molecular flexibility index (Phi) is 6.22. The minimum atomic E-state index is -0.431. The molecule has 0 fully saturated rings. The van der Waals surface area contributed by atoms with Gasteiger partial charge < -0.3 is 24.8 Å². The molecular formula is C18H20N2O5. The Morgan fingerprint density at radius 2 is 1.44 bits per heavy atom. The van der Waals surface area contributed by atoms with Crippen LogP contribution in [0, 0.1) is 0 Å². The maximum absolute atomic E-state index is 12.1. The number of rotatable bonds is 6. The zero-order valence-electron chi connectivity index (χ0n) is 14.3. The summed E-state index contributed by atoms with van der Waals surface area (Å²) in [6.45, 7) is 2.05. The Balaban J connectivity index is 2.01. The summed E-state index contributed by atoms with van der Waals surface area (Å²) in [5, 5.41) is 5.38. The van der Waals surface area contributed by atoms with Crippen molar-refractivity contribution in [3.63, 3.8) is 0 Å². The summed E-state index contributed by atoms with van der Waals surface area (Å²) in [7, 11) is 3.06. The summed E-state index contributed by atoms with van der Waals surface area (Å²) in [4.78, 5) is 23.7. The van der Waals surface area contributed by atoms with E-state index >= 15 is 0 Å². The van der Waals surface area contributed by atoms with Gasteiger partial charge in [0, 0.05) is 29.6 Å². The zero-order valence-corrected chi connectivity index (χ0v) is 14.3. The number of carbonyl (C=O) groups excluding carboxylic acids is 2. The van der Waals surface area contributed by atoms with Gasteiger partial charge in [0.15, 0.2) is 0 Å². The van der Waals surface area contributed by atoms with E-state index in [0.29, 0.717) is 35.0 Å². The number of urea groups is 1. The Labute approximate surface area is 145 Å². The first-order chi connectivity index (χ1) is 12.0. The molecule has 7 nitrogen and oxygen atoms in total. The van der Waals surface area contributed by atoms with E-state index in [0.717, 1.165) is 0 Å². The largest absolute Gasteiger partial charge is 0.497 e. The van der Waals surface area contributed by atoms with Crippen LogP contribution in [0.3, 0.4) is 0 Å². The highest BCUT2D eigenvalue weighted by atomic mass is 16.5. The molecule has 2 N–H and O–H groups in total. The van der Waals surface area contributed by atoms with Crippen LogP contribution in [0.4, 0.5) is 16.2 Å². The number of esters is 1.